The van der Waals surface area contributed by atoms with Gasteiger partial charge in [-0.15, -0.1) is 22.7 Å². The highest BCUT2D eigenvalue weighted by Gasteiger charge is 2.37. The third kappa shape index (κ3) is 4.27. The lowest BCUT2D eigenvalue weighted by Crippen LogP contribution is -2.16. The third-order valence-electron chi connectivity index (χ3n) is 11.3. The van der Waals surface area contributed by atoms with Gasteiger partial charge in [-0.3, -0.25) is 0 Å². The maximum absolute atomic E-state index is 2.48. The fourth-order valence-corrected chi connectivity index (χ4v) is 11.1. The summed E-state index contributed by atoms with van der Waals surface area (Å²) in [4.78, 5) is 2.48. The predicted octanol–water partition coefficient (Wildman–Crippen LogP) is 15.0. The molecule has 0 saturated carbocycles. The molecule has 246 valence electrons. The van der Waals surface area contributed by atoms with Crippen molar-refractivity contribution in [2.24, 2.45) is 0 Å². The van der Waals surface area contributed by atoms with Crippen molar-refractivity contribution in [3.05, 3.63) is 175 Å². The lowest BCUT2D eigenvalue weighted by molar-refractivity contribution is 0.660. The van der Waals surface area contributed by atoms with Crippen LogP contribution in [0.3, 0.4) is 0 Å². The summed E-state index contributed by atoms with van der Waals surface area (Å²) in [7, 11) is 0. The Kier molecular flexibility index (Phi) is 6.41. The van der Waals surface area contributed by atoms with Gasteiger partial charge in [-0.05, 0) is 81.7 Å². The second-order valence-corrected chi connectivity index (χ2v) is 16.6. The van der Waals surface area contributed by atoms with Crippen LogP contribution in [0.2, 0.25) is 0 Å². The van der Waals surface area contributed by atoms with E-state index in [-0.39, 0.29) is 5.41 Å². The summed E-state index contributed by atoms with van der Waals surface area (Å²) in [5.74, 6) is 0. The first-order valence-electron chi connectivity index (χ1n) is 17.9. The van der Waals surface area contributed by atoms with Crippen LogP contribution < -0.4 is 4.90 Å². The molecule has 10 aromatic rings. The molecule has 2 heterocycles. The standard InChI is InChI=1S/C49H33NS2/c1-49(2)41-16-6-3-13-39(41)47-42(49)17-10-18-43(47)50(32-25-28-46-40(29-32)36-12-5-7-19-44(36)51-46)31-23-21-30(22-24-31)33-14-9-15-37-34(33)26-27-38-35-11-4-8-20-45(35)52-48(37)38/h3-29H,1-2H3. The topological polar surface area (TPSA) is 3.24 Å². The van der Waals surface area contributed by atoms with Gasteiger partial charge in [0.15, 0.2) is 0 Å². The maximum Gasteiger partial charge on any atom is 0.0543 e. The zero-order valence-electron chi connectivity index (χ0n) is 28.9. The van der Waals surface area contributed by atoms with Crippen LogP contribution in [0.25, 0.3) is 73.4 Å². The van der Waals surface area contributed by atoms with E-state index < -0.39 is 0 Å². The molecular formula is C49H33NS2. The minimum atomic E-state index is -0.0842. The lowest BCUT2D eigenvalue weighted by Gasteiger charge is -2.29. The van der Waals surface area contributed by atoms with Crippen molar-refractivity contribution in [2.75, 3.05) is 4.90 Å². The number of rotatable bonds is 4. The molecule has 11 rings (SSSR count). The first-order valence-corrected chi connectivity index (χ1v) is 19.6. The van der Waals surface area contributed by atoms with Gasteiger partial charge >= 0.3 is 0 Å². The summed E-state index contributed by atoms with van der Waals surface area (Å²) in [6, 6.07) is 61.0. The van der Waals surface area contributed by atoms with E-state index in [1.165, 1.54) is 90.2 Å². The Bertz CT molecular complexity index is 3050. The quantitative estimate of drug-likeness (QED) is 0.177. The summed E-state index contributed by atoms with van der Waals surface area (Å²) < 4.78 is 5.34. The average molecular weight is 700 g/mol. The van der Waals surface area contributed by atoms with Gasteiger partial charge in [0.25, 0.3) is 0 Å². The lowest BCUT2D eigenvalue weighted by atomic mass is 9.82. The molecule has 8 aromatic carbocycles. The van der Waals surface area contributed by atoms with Gasteiger partial charge < -0.3 is 4.90 Å². The minimum absolute atomic E-state index is 0.0842. The van der Waals surface area contributed by atoms with Crippen molar-refractivity contribution >= 4 is 90.9 Å². The van der Waals surface area contributed by atoms with E-state index in [1.807, 2.05) is 22.7 Å². The zero-order chi connectivity index (χ0) is 34.6. The smallest absolute Gasteiger partial charge is 0.0543 e. The van der Waals surface area contributed by atoms with Crippen LogP contribution in [0.5, 0.6) is 0 Å². The molecule has 3 heteroatoms. The van der Waals surface area contributed by atoms with E-state index in [1.54, 1.807) is 0 Å². The number of nitrogens with zero attached hydrogens (tertiary/aromatic N) is 1. The predicted molar refractivity (Wildman–Crippen MR) is 227 cm³/mol. The zero-order valence-corrected chi connectivity index (χ0v) is 30.5. The molecule has 1 aliphatic rings. The van der Waals surface area contributed by atoms with E-state index in [0.717, 1.165) is 11.4 Å². The largest absolute Gasteiger partial charge is 0.310 e. The van der Waals surface area contributed by atoms with Crippen LogP contribution in [-0.2, 0) is 5.41 Å². The highest BCUT2D eigenvalue weighted by atomic mass is 32.1. The van der Waals surface area contributed by atoms with Crippen molar-refractivity contribution in [3.8, 4) is 22.3 Å². The normalized spacial score (nSPS) is 13.3. The molecule has 1 nitrogen and oxygen atoms in total. The maximum atomic E-state index is 2.48. The summed E-state index contributed by atoms with van der Waals surface area (Å²) in [5, 5.41) is 7.91. The van der Waals surface area contributed by atoms with Gasteiger partial charge in [0.2, 0.25) is 0 Å². The second-order valence-electron chi connectivity index (χ2n) is 14.5. The molecule has 0 radical (unpaired) electrons. The van der Waals surface area contributed by atoms with Crippen LogP contribution in [-0.4, -0.2) is 0 Å². The molecule has 2 aromatic heterocycles. The van der Waals surface area contributed by atoms with Gasteiger partial charge in [0.1, 0.15) is 0 Å². The van der Waals surface area contributed by atoms with E-state index in [4.69, 9.17) is 0 Å². The molecule has 0 saturated heterocycles. The molecule has 0 bridgehead atoms. The Balaban J connectivity index is 1.10. The van der Waals surface area contributed by atoms with E-state index >= 15 is 0 Å². The van der Waals surface area contributed by atoms with Crippen molar-refractivity contribution in [2.45, 2.75) is 19.3 Å². The van der Waals surface area contributed by atoms with Gasteiger partial charge in [-0.25, -0.2) is 0 Å². The third-order valence-corrected chi connectivity index (χ3v) is 13.7. The summed E-state index contributed by atoms with van der Waals surface area (Å²) in [6.07, 6.45) is 0. The van der Waals surface area contributed by atoms with Crippen LogP contribution in [0.1, 0.15) is 25.0 Å². The first kappa shape index (κ1) is 29.9. The van der Waals surface area contributed by atoms with Gasteiger partial charge in [-0.2, -0.15) is 0 Å². The molecule has 0 amide bonds. The monoisotopic (exact) mass is 699 g/mol. The molecule has 0 spiro atoms. The molecule has 1 aliphatic carbocycles. The molecule has 0 fully saturated rings. The Hall–Kier alpha value is -5.74. The molecular weight excluding hydrogens is 667 g/mol. The second kappa shape index (κ2) is 11.1. The van der Waals surface area contributed by atoms with E-state index in [0.29, 0.717) is 0 Å². The summed E-state index contributed by atoms with van der Waals surface area (Å²) >= 11 is 3.77. The van der Waals surface area contributed by atoms with E-state index in [9.17, 15) is 0 Å². The summed E-state index contributed by atoms with van der Waals surface area (Å²) in [6.45, 7) is 4.72. The molecule has 0 atom stereocenters. The number of benzene rings is 8. The Morgan fingerprint density at radius 1 is 0.423 bits per heavy atom. The van der Waals surface area contributed by atoms with Crippen molar-refractivity contribution in [3.63, 3.8) is 0 Å². The van der Waals surface area contributed by atoms with Crippen LogP contribution in [0.4, 0.5) is 17.1 Å². The molecule has 0 aliphatic heterocycles. The van der Waals surface area contributed by atoms with Crippen molar-refractivity contribution < 1.29 is 0 Å². The number of anilines is 3. The number of fused-ring (bicyclic) bond motifs is 11. The average Bonchev–Trinajstić information content (AvgIpc) is 3.83. The highest BCUT2D eigenvalue weighted by molar-refractivity contribution is 7.26. The van der Waals surface area contributed by atoms with Crippen LogP contribution >= 0.6 is 22.7 Å². The Labute approximate surface area is 310 Å². The SMILES string of the molecule is CC1(C)c2ccccc2-c2c(N(c3ccc(-c4cccc5c4ccc4c6ccccc6sc54)cc3)c3ccc4sc5ccccc5c4c3)cccc21. The minimum Gasteiger partial charge on any atom is -0.310 e. The number of hydrogen-bond donors (Lipinski definition) is 0. The van der Waals surface area contributed by atoms with Crippen LogP contribution in [0, 0.1) is 0 Å². The fraction of sp³-hybridized carbons (Fsp3) is 0.0612. The first-order chi connectivity index (χ1) is 25.5. The van der Waals surface area contributed by atoms with Crippen molar-refractivity contribution in [1.29, 1.82) is 0 Å². The molecule has 52 heavy (non-hydrogen) atoms. The number of hydrogen-bond acceptors (Lipinski definition) is 3. The highest BCUT2D eigenvalue weighted by Crippen LogP contribution is 2.54. The molecule has 0 N–H and O–H groups in total. The van der Waals surface area contributed by atoms with Gasteiger partial charge in [0, 0.05) is 68.1 Å². The van der Waals surface area contributed by atoms with Gasteiger partial charge in [-0.1, -0.05) is 129 Å². The fourth-order valence-electron chi connectivity index (χ4n) is 8.78. The Morgan fingerprint density at radius 2 is 1.02 bits per heavy atom. The van der Waals surface area contributed by atoms with Crippen molar-refractivity contribution in [1.82, 2.24) is 0 Å². The van der Waals surface area contributed by atoms with Gasteiger partial charge in [0.05, 0.1) is 5.69 Å². The number of thiophene rings is 2. The van der Waals surface area contributed by atoms with E-state index in [2.05, 4.69) is 183 Å². The molecule has 0 unspecified atom stereocenters. The Morgan fingerprint density at radius 3 is 1.87 bits per heavy atom. The van der Waals surface area contributed by atoms with Crippen LogP contribution in [0.15, 0.2) is 164 Å². The summed E-state index contributed by atoms with van der Waals surface area (Å²) in [5.41, 5.74) is 11.3.